The molecule has 32 heavy (non-hydrogen) atoms. The van der Waals surface area contributed by atoms with E-state index in [0.717, 1.165) is 35.8 Å². The van der Waals surface area contributed by atoms with Crippen LogP contribution in [0.25, 0.3) is 0 Å². The molecular formula is C25H32N2O4S. The molecule has 1 amide bonds. The second-order valence-electron chi connectivity index (χ2n) is 7.90. The van der Waals surface area contributed by atoms with Crippen LogP contribution in [0.15, 0.2) is 35.2 Å². The molecule has 0 atom stereocenters. The predicted molar refractivity (Wildman–Crippen MR) is 130 cm³/mol. The zero-order chi connectivity index (χ0) is 22.3. The Balaban J connectivity index is 1.48. The zero-order valence-electron chi connectivity index (χ0n) is 18.9. The Hall–Kier alpha value is -2.38. The van der Waals surface area contributed by atoms with Gasteiger partial charge in [-0.05, 0) is 56.4 Å². The quantitative estimate of drug-likeness (QED) is 0.559. The van der Waals surface area contributed by atoms with E-state index in [-0.39, 0.29) is 5.91 Å². The lowest BCUT2D eigenvalue weighted by Gasteiger charge is -2.31. The first-order valence-electron chi connectivity index (χ1n) is 11.5. The summed E-state index contributed by atoms with van der Waals surface area (Å²) in [6.45, 7) is 7.95. The molecule has 4 rings (SSSR count). The summed E-state index contributed by atoms with van der Waals surface area (Å²) < 4.78 is 17.3. The summed E-state index contributed by atoms with van der Waals surface area (Å²) in [7, 11) is 0. The summed E-state index contributed by atoms with van der Waals surface area (Å²) in [4.78, 5) is 16.2. The number of aryl methyl sites for hydroxylation is 2. The number of amides is 1. The summed E-state index contributed by atoms with van der Waals surface area (Å²) in [6, 6.07) is 10.4. The van der Waals surface area contributed by atoms with E-state index in [9.17, 15) is 4.79 Å². The maximum atomic E-state index is 12.8. The van der Waals surface area contributed by atoms with Gasteiger partial charge >= 0.3 is 0 Å². The number of nitrogens with one attached hydrogen (secondary N) is 1. The van der Waals surface area contributed by atoms with E-state index in [2.05, 4.69) is 28.4 Å². The number of morpholine rings is 1. The maximum absolute atomic E-state index is 12.8. The molecule has 0 bridgehead atoms. The van der Waals surface area contributed by atoms with Gasteiger partial charge in [-0.2, -0.15) is 0 Å². The molecule has 7 heteroatoms. The molecule has 0 unspecified atom stereocenters. The molecule has 1 aliphatic carbocycles. The van der Waals surface area contributed by atoms with Gasteiger partial charge in [-0.3, -0.25) is 4.79 Å². The van der Waals surface area contributed by atoms with Gasteiger partial charge in [0.05, 0.1) is 43.6 Å². The first-order chi connectivity index (χ1) is 15.7. The molecule has 1 saturated heterocycles. The minimum absolute atomic E-state index is 0.0574. The fourth-order valence-corrected chi connectivity index (χ4v) is 4.98. The topological polar surface area (TPSA) is 60.0 Å². The third kappa shape index (κ3) is 5.51. The number of ether oxygens (including phenoxy) is 3. The highest BCUT2D eigenvalue weighted by atomic mass is 32.2. The summed E-state index contributed by atoms with van der Waals surface area (Å²) in [5, 5.41) is 3.04. The largest absolute Gasteiger partial charge is 0.492 e. The average Bonchev–Trinajstić information content (AvgIpc) is 3.28. The van der Waals surface area contributed by atoms with Gasteiger partial charge < -0.3 is 24.4 Å². The summed E-state index contributed by atoms with van der Waals surface area (Å²) in [5.74, 6) is 1.70. The molecule has 0 aromatic heterocycles. The number of nitrogens with zero attached hydrogens (tertiary/aromatic N) is 1. The van der Waals surface area contributed by atoms with Crippen molar-refractivity contribution in [2.24, 2.45) is 0 Å². The number of anilines is 2. The van der Waals surface area contributed by atoms with Crippen LogP contribution in [0.3, 0.4) is 0 Å². The molecule has 1 fully saturated rings. The van der Waals surface area contributed by atoms with Crippen molar-refractivity contribution in [3.8, 4) is 11.5 Å². The van der Waals surface area contributed by atoms with Crippen molar-refractivity contribution in [1.29, 1.82) is 0 Å². The number of carbonyl (C=O) groups excluding carboxylic acids is 1. The van der Waals surface area contributed by atoms with E-state index >= 15 is 0 Å². The van der Waals surface area contributed by atoms with Crippen molar-refractivity contribution >= 4 is 29.0 Å². The van der Waals surface area contributed by atoms with E-state index < -0.39 is 0 Å². The minimum Gasteiger partial charge on any atom is -0.492 e. The lowest BCUT2D eigenvalue weighted by atomic mass is 10.1. The summed E-state index contributed by atoms with van der Waals surface area (Å²) in [5.41, 5.74) is 4.49. The van der Waals surface area contributed by atoms with Crippen molar-refractivity contribution in [2.45, 2.75) is 38.0 Å². The number of thioether (sulfide) groups is 1. The lowest BCUT2D eigenvalue weighted by molar-refractivity contribution is -0.113. The smallest absolute Gasteiger partial charge is 0.234 e. The van der Waals surface area contributed by atoms with E-state index in [1.165, 1.54) is 24.0 Å². The molecule has 1 aliphatic heterocycles. The molecule has 6 nitrogen and oxygen atoms in total. The van der Waals surface area contributed by atoms with E-state index in [4.69, 9.17) is 14.2 Å². The molecule has 2 aromatic rings. The number of benzene rings is 2. The lowest BCUT2D eigenvalue weighted by Crippen LogP contribution is -2.36. The van der Waals surface area contributed by atoms with Crippen molar-refractivity contribution in [3.63, 3.8) is 0 Å². The molecule has 1 N–H and O–H groups in total. The van der Waals surface area contributed by atoms with Gasteiger partial charge in [-0.1, -0.05) is 6.07 Å². The molecule has 0 radical (unpaired) electrons. The van der Waals surface area contributed by atoms with Crippen molar-refractivity contribution in [1.82, 2.24) is 0 Å². The Morgan fingerprint density at radius 1 is 1.03 bits per heavy atom. The number of hydrogen-bond acceptors (Lipinski definition) is 6. The monoisotopic (exact) mass is 456 g/mol. The van der Waals surface area contributed by atoms with Crippen molar-refractivity contribution in [3.05, 3.63) is 41.5 Å². The van der Waals surface area contributed by atoms with E-state index in [1.807, 2.05) is 26.0 Å². The van der Waals surface area contributed by atoms with Gasteiger partial charge in [-0.25, -0.2) is 0 Å². The zero-order valence-corrected chi connectivity index (χ0v) is 19.8. The van der Waals surface area contributed by atoms with E-state index in [0.29, 0.717) is 43.6 Å². The minimum atomic E-state index is -0.0574. The molecule has 2 aliphatic rings. The van der Waals surface area contributed by atoms with Gasteiger partial charge in [0.1, 0.15) is 11.5 Å². The van der Waals surface area contributed by atoms with Gasteiger partial charge in [0.15, 0.2) is 0 Å². The highest BCUT2D eigenvalue weighted by molar-refractivity contribution is 8.00. The summed E-state index contributed by atoms with van der Waals surface area (Å²) >= 11 is 1.57. The van der Waals surface area contributed by atoms with Crippen LogP contribution < -0.4 is 19.7 Å². The number of hydrogen-bond donors (Lipinski definition) is 1. The molecule has 2 aromatic carbocycles. The fraction of sp³-hybridized carbons (Fsp3) is 0.480. The highest BCUT2D eigenvalue weighted by Gasteiger charge is 2.20. The average molecular weight is 457 g/mol. The summed E-state index contributed by atoms with van der Waals surface area (Å²) in [6.07, 6.45) is 3.54. The second-order valence-corrected chi connectivity index (χ2v) is 8.95. The molecule has 1 heterocycles. The van der Waals surface area contributed by atoms with Crippen molar-refractivity contribution < 1.29 is 19.0 Å². The first kappa shape index (κ1) is 22.8. The Kier molecular flexibility index (Phi) is 7.81. The number of carbonyl (C=O) groups is 1. The highest BCUT2D eigenvalue weighted by Crippen LogP contribution is 2.39. The number of rotatable bonds is 9. The van der Waals surface area contributed by atoms with Crippen LogP contribution in [0.2, 0.25) is 0 Å². The van der Waals surface area contributed by atoms with Crippen LogP contribution in [0, 0.1) is 0 Å². The van der Waals surface area contributed by atoms with Gasteiger partial charge in [0, 0.05) is 30.1 Å². The Labute approximate surface area is 194 Å². The maximum Gasteiger partial charge on any atom is 0.234 e. The van der Waals surface area contributed by atoms with Gasteiger partial charge in [-0.15, -0.1) is 11.8 Å². The van der Waals surface area contributed by atoms with Crippen LogP contribution in [-0.2, 0) is 22.4 Å². The third-order valence-corrected chi connectivity index (χ3v) is 6.72. The molecular weight excluding hydrogens is 424 g/mol. The molecule has 172 valence electrons. The normalized spacial score (nSPS) is 15.4. The van der Waals surface area contributed by atoms with Gasteiger partial charge in [0.25, 0.3) is 0 Å². The molecule has 0 spiro atoms. The van der Waals surface area contributed by atoms with Crippen LogP contribution in [0.1, 0.15) is 31.4 Å². The van der Waals surface area contributed by atoms with E-state index in [1.54, 1.807) is 11.8 Å². The standard InChI is InChI=1S/C25H32N2O4S/c1-3-30-23-16-22(27-10-12-29-13-11-27)24(31-4-2)15-21(23)26-25(28)17-32-20-9-8-18-6-5-7-19(18)14-20/h8-9,14-16H,3-7,10-13,17H2,1-2H3,(H,26,28). The first-order valence-corrected chi connectivity index (χ1v) is 12.5. The Bertz CT molecular complexity index is 944. The van der Waals surface area contributed by atoms with Crippen LogP contribution in [0.5, 0.6) is 11.5 Å². The second kappa shape index (κ2) is 11.0. The molecule has 0 saturated carbocycles. The predicted octanol–water partition coefficient (Wildman–Crippen LogP) is 4.54. The fourth-order valence-electron chi connectivity index (χ4n) is 4.22. The Morgan fingerprint density at radius 3 is 2.56 bits per heavy atom. The van der Waals surface area contributed by atoms with Crippen LogP contribution >= 0.6 is 11.8 Å². The third-order valence-electron chi connectivity index (χ3n) is 5.73. The number of fused-ring (bicyclic) bond motifs is 1. The van der Waals surface area contributed by atoms with Gasteiger partial charge in [0.2, 0.25) is 5.91 Å². The SMILES string of the molecule is CCOc1cc(N2CCOCC2)c(OCC)cc1NC(=O)CSc1ccc2c(c1)CCC2. The van der Waals surface area contributed by atoms with Crippen molar-refractivity contribution in [2.75, 3.05) is 55.5 Å². The van der Waals surface area contributed by atoms with Crippen LogP contribution in [-0.4, -0.2) is 51.2 Å². The Morgan fingerprint density at radius 2 is 1.78 bits per heavy atom. The van der Waals surface area contributed by atoms with Crippen LogP contribution in [0.4, 0.5) is 11.4 Å².